The van der Waals surface area contributed by atoms with Gasteiger partial charge in [0.15, 0.2) is 0 Å². The Balaban J connectivity index is 1.91. The number of fused-ring (bicyclic) bond motifs is 1. The number of H-pyrrole nitrogens is 1. The molecule has 2 atom stereocenters. The Hall–Kier alpha value is -2.31. The molecular formula is C14H20N6O. The minimum atomic E-state index is -0.352. The standard InChI is InChI=1S/C14H20N6O/c1-9-4-6-20(14(15)21)7-11(9)19(2)13-10-3-5-16-12(10)17-8-18-13/h3,5,8-9,11H,4,6-7H2,1-2H3,(H2,15,21)(H,16,17,18). The molecule has 2 unspecified atom stereocenters. The largest absolute Gasteiger partial charge is 0.354 e. The van der Waals surface area contributed by atoms with Gasteiger partial charge in [-0.15, -0.1) is 0 Å². The van der Waals surface area contributed by atoms with E-state index < -0.39 is 0 Å². The molecule has 0 spiro atoms. The number of nitrogens with one attached hydrogen (secondary N) is 1. The molecule has 0 saturated carbocycles. The van der Waals surface area contributed by atoms with Crippen LogP contribution in [-0.4, -0.2) is 52.1 Å². The fourth-order valence-corrected chi connectivity index (χ4v) is 3.05. The molecule has 1 saturated heterocycles. The number of primary amides is 1. The van der Waals surface area contributed by atoms with E-state index in [2.05, 4.69) is 26.8 Å². The SMILES string of the molecule is CC1CCN(C(N)=O)CC1N(C)c1ncnc2[nH]ccc12. The number of hydrogen-bond acceptors (Lipinski definition) is 4. The van der Waals surface area contributed by atoms with Gasteiger partial charge >= 0.3 is 6.03 Å². The highest BCUT2D eigenvalue weighted by Gasteiger charge is 2.31. The zero-order valence-corrected chi connectivity index (χ0v) is 12.3. The zero-order valence-electron chi connectivity index (χ0n) is 12.3. The van der Waals surface area contributed by atoms with Gasteiger partial charge in [0.25, 0.3) is 0 Å². The Morgan fingerprint density at radius 1 is 1.52 bits per heavy atom. The Labute approximate surface area is 123 Å². The van der Waals surface area contributed by atoms with E-state index in [9.17, 15) is 4.79 Å². The predicted octanol–water partition coefficient (Wildman–Crippen LogP) is 1.18. The second kappa shape index (κ2) is 5.23. The summed E-state index contributed by atoms with van der Waals surface area (Å²) in [6.07, 6.45) is 4.36. The number of rotatable bonds is 2. The number of urea groups is 1. The highest BCUT2D eigenvalue weighted by atomic mass is 16.2. The number of carbonyl (C=O) groups is 1. The van der Waals surface area contributed by atoms with Crippen molar-refractivity contribution < 1.29 is 4.79 Å². The Morgan fingerprint density at radius 3 is 3.10 bits per heavy atom. The molecule has 112 valence electrons. The maximum Gasteiger partial charge on any atom is 0.314 e. The monoisotopic (exact) mass is 288 g/mol. The maximum atomic E-state index is 11.4. The number of nitrogens with zero attached hydrogens (tertiary/aromatic N) is 4. The second-order valence-corrected chi connectivity index (χ2v) is 5.67. The second-order valence-electron chi connectivity index (χ2n) is 5.67. The Kier molecular flexibility index (Phi) is 3.40. The molecule has 2 aromatic rings. The molecule has 21 heavy (non-hydrogen) atoms. The normalized spacial score (nSPS) is 22.5. The number of likely N-dealkylation sites (N-methyl/N-ethyl adjacent to an activating group) is 1. The van der Waals surface area contributed by atoms with Gasteiger partial charge in [0.2, 0.25) is 0 Å². The van der Waals surface area contributed by atoms with Crippen molar-refractivity contribution in [2.75, 3.05) is 25.0 Å². The molecule has 0 aliphatic carbocycles. The van der Waals surface area contributed by atoms with Crippen molar-refractivity contribution in [3.8, 4) is 0 Å². The van der Waals surface area contributed by atoms with Gasteiger partial charge in [-0.2, -0.15) is 0 Å². The predicted molar refractivity (Wildman–Crippen MR) is 81.0 cm³/mol. The first-order valence-electron chi connectivity index (χ1n) is 7.13. The van der Waals surface area contributed by atoms with E-state index in [1.807, 2.05) is 19.3 Å². The van der Waals surface area contributed by atoms with Crippen molar-refractivity contribution in [1.29, 1.82) is 0 Å². The van der Waals surface area contributed by atoms with Gasteiger partial charge in [-0.3, -0.25) is 0 Å². The molecule has 1 aliphatic heterocycles. The molecule has 3 N–H and O–H groups in total. The number of carbonyl (C=O) groups excluding carboxylic acids is 1. The van der Waals surface area contributed by atoms with Crippen molar-refractivity contribution in [3.05, 3.63) is 18.6 Å². The van der Waals surface area contributed by atoms with Crippen LogP contribution in [0.2, 0.25) is 0 Å². The molecule has 1 fully saturated rings. The van der Waals surface area contributed by atoms with Crippen LogP contribution in [0.25, 0.3) is 11.0 Å². The third kappa shape index (κ3) is 2.39. The van der Waals surface area contributed by atoms with E-state index in [-0.39, 0.29) is 12.1 Å². The lowest BCUT2D eigenvalue weighted by Gasteiger charge is -2.41. The Morgan fingerprint density at radius 2 is 2.33 bits per heavy atom. The van der Waals surface area contributed by atoms with Crippen molar-refractivity contribution in [1.82, 2.24) is 19.9 Å². The lowest BCUT2D eigenvalue weighted by Crippen LogP contribution is -2.54. The summed E-state index contributed by atoms with van der Waals surface area (Å²) in [4.78, 5) is 27.0. The summed E-state index contributed by atoms with van der Waals surface area (Å²) in [5.74, 6) is 1.35. The molecule has 3 rings (SSSR count). The minimum absolute atomic E-state index is 0.194. The van der Waals surface area contributed by atoms with Gasteiger partial charge in [0, 0.05) is 26.3 Å². The van der Waals surface area contributed by atoms with Crippen LogP contribution in [0, 0.1) is 5.92 Å². The van der Waals surface area contributed by atoms with Crippen molar-refractivity contribution in [2.45, 2.75) is 19.4 Å². The van der Waals surface area contributed by atoms with Crippen molar-refractivity contribution >= 4 is 22.9 Å². The number of hydrogen-bond donors (Lipinski definition) is 2. The molecular weight excluding hydrogens is 268 g/mol. The van der Waals surface area contributed by atoms with Gasteiger partial charge in [0.05, 0.1) is 11.4 Å². The van der Waals surface area contributed by atoms with Crippen LogP contribution in [0.1, 0.15) is 13.3 Å². The van der Waals surface area contributed by atoms with Crippen molar-refractivity contribution in [3.63, 3.8) is 0 Å². The van der Waals surface area contributed by atoms with Crippen LogP contribution in [-0.2, 0) is 0 Å². The van der Waals surface area contributed by atoms with Gasteiger partial charge in [-0.1, -0.05) is 6.92 Å². The molecule has 2 amide bonds. The smallest absolute Gasteiger partial charge is 0.314 e. The number of amides is 2. The van der Waals surface area contributed by atoms with Crippen LogP contribution in [0.5, 0.6) is 0 Å². The average molecular weight is 288 g/mol. The van der Waals surface area contributed by atoms with Gasteiger partial charge in [0.1, 0.15) is 17.8 Å². The highest BCUT2D eigenvalue weighted by molar-refractivity contribution is 5.87. The summed E-state index contributed by atoms with van der Waals surface area (Å²) in [6.45, 7) is 3.56. The summed E-state index contributed by atoms with van der Waals surface area (Å²) in [7, 11) is 2.01. The van der Waals surface area contributed by atoms with Crippen LogP contribution in [0.4, 0.5) is 10.6 Å². The summed E-state index contributed by atoms with van der Waals surface area (Å²) in [5, 5.41) is 0.989. The van der Waals surface area contributed by atoms with Gasteiger partial charge in [-0.25, -0.2) is 14.8 Å². The number of piperidine rings is 1. The van der Waals surface area contributed by atoms with Gasteiger partial charge < -0.3 is 20.5 Å². The molecule has 0 radical (unpaired) electrons. The number of nitrogens with two attached hydrogens (primary N) is 1. The fourth-order valence-electron chi connectivity index (χ4n) is 3.05. The van der Waals surface area contributed by atoms with E-state index in [4.69, 9.17) is 5.73 Å². The lowest BCUT2D eigenvalue weighted by atomic mass is 9.92. The maximum absolute atomic E-state index is 11.4. The van der Waals surface area contributed by atoms with E-state index >= 15 is 0 Å². The number of anilines is 1. The summed E-state index contributed by atoms with van der Waals surface area (Å²) >= 11 is 0. The number of likely N-dealkylation sites (tertiary alicyclic amines) is 1. The topological polar surface area (TPSA) is 91.1 Å². The van der Waals surface area contributed by atoms with Crippen LogP contribution in [0.3, 0.4) is 0 Å². The average Bonchev–Trinajstić information content (AvgIpc) is 2.95. The van der Waals surface area contributed by atoms with E-state index in [0.29, 0.717) is 12.5 Å². The first-order valence-corrected chi connectivity index (χ1v) is 7.13. The first-order chi connectivity index (χ1) is 10.1. The quantitative estimate of drug-likeness (QED) is 0.868. The number of aromatic nitrogens is 3. The third-order valence-corrected chi connectivity index (χ3v) is 4.39. The van der Waals surface area contributed by atoms with E-state index in [1.54, 1.807) is 11.2 Å². The van der Waals surface area contributed by atoms with Crippen molar-refractivity contribution in [2.24, 2.45) is 11.7 Å². The summed E-state index contributed by atoms with van der Waals surface area (Å²) in [6, 6.07) is 1.81. The molecule has 1 aliphatic rings. The summed E-state index contributed by atoms with van der Waals surface area (Å²) < 4.78 is 0. The zero-order chi connectivity index (χ0) is 15.0. The molecule has 3 heterocycles. The molecule has 2 aromatic heterocycles. The van der Waals surface area contributed by atoms with Crippen LogP contribution < -0.4 is 10.6 Å². The molecule has 7 heteroatoms. The minimum Gasteiger partial charge on any atom is -0.354 e. The molecule has 0 bridgehead atoms. The Bertz CT molecular complexity index is 654. The van der Waals surface area contributed by atoms with E-state index in [0.717, 1.165) is 29.8 Å². The first kappa shape index (κ1) is 13.7. The summed E-state index contributed by atoms with van der Waals surface area (Å²) in [5.41, 5.74) is 6.25. The molecule has 0 aromatic carbocycles. The lowest BCUT2D eigenvalue weighted by molar-refractivity contribution is 0.169. The van der Waals surface area contributed by atoms with Gasteiger partial charge in [-0.05, 0) is 18.4 Å². The van der Waals surface area contributed by atoms with Crippen LogP contribution in [0.15, 0.2) is 18.6 Å². The van der Waals surface area contributed by atoms with Crippen LogP contribution >= 0.6 is 0 Å². The third-order valence-electron chi connectivity index (χ3n) is 4.39. The highest BCUT2D eigenvalue weighted by Crippen LogP contribution is 2.28. The molecule has 7 nitrogen and oxygen atoms in total. The number of aromatic amines is 1. The van der Waals surface area contributed by atoms with E-state index in [1.165, 1.54) is 0 Å². The fraction of sp³-hybridized carbons (Fsp3) is 0.500.